The van der Waals surface area contributed by atoms with Crippen molar-refractivity contribution in [3.8, 4) is 5.69 Å². The maximum Gasteiger partial charge on any atom is 0.255 e. The average Bonchev–Trinajstić information content (AvgIpc) is 3.02. The van der Waals surface area contributed by atoms with Crippen LogP contribution in [0, 0.1) is 0 Å². The summed E-state index contributed by atoms with van der Waals surface area (Å²) in [5.41, 5.74) is 2.25. The molecule has 3 nitrogen and oxygen atoms in total. The summed E-state index contributed by atoms with van der Waals surface area (Å²) in [6, 6.07) is 18.4. The molecule has 2 aromatic carbocycles. The number of aromatic nitrogens is 1. The third-order valence-electron chi connectivity index (χ3n) is 3.14. The lowest BCUT2D eigenvalue weighted by Crippen LogP contribution is -2.13. The molecule has 4 heteroatoms. The highest BCUT2D eigenvalue weighted by atomic mass is 35.5. The number of carbonyl (C=O) groups is 1. The molecule has 1 N–H and O–H groups in total. The van der Waals surface area contributed by atoms with Gasteiger partial charge in [0.1, 0.15) is 0 Å². The van der Waals surface area contributed by atoms with Gasteiger partial charge in [-0.05, 0) is 48.5 Å². The summed E-state index contributed by atoms with van der Waals surface area (Å²) in [7, 11) is 0. The lowest BCUT2D eigenvalue weighted by atomic mass is 10.2. The smallest absolute Gasteiger partial charge is 0.255 e. The van der Waals surface area contributed by atoms with Crippen LogP contribution in [0.4, 0.5) is 5.69 Å². The summed E-state index contributed by atoms with van der Waals surface area (Å²) in [6.07, 6.45) is 3.88. The van der Waals surface area contributed by atoms with Gasteiger partial charge in [-0.2, -0.15) is 0 Å². The molecule has 0 spiro atoms. The number of carbonyl (C=O) groups excluding carboxylic acids is 1. The Hall–Kier alpha value is -2.52. The molecule has 3 aromatic rings. The molecule has 21 heavy (non-hydrogen) atoms. The second-order valence-corrected chi connectivity index (χ2v) is 5.00. The third kappa shape index (κ3) is 2.98. The number of amides is 1. The first kappa shape index (κ1) is 13.5. The van der Waals surface area contributed by atoms with Crippen molar-refractivity contribution in [3.05, 3.63) is 83.6 Å². The van der Waals surface area contributed by atoms with Crippen LogP contribution in [-0.4, -0.2) is 10.5 Å². The fourth-order valence-corrected chi connectivity index (χ4v) is 2.22. The van der Waals surface area contributed by atoms with Gasteiger partial charge in [0, 0.05) is 23.0 Å². The van der Waals surface area contributed by atoms with E-state index in [4.69, 9.17) is 11.6 Å². The Labute approximate surface area is 127 Å². The molecule has 0 atom stereocenters. The van der Waals surface area contributed by atoms with Gasteiger partial charge in [-0.25, -0.2) is 0 Å². The number of para-hydroxylation sites is 2. The van der Waals surface area contributed by atoms with Crippen LogP contribution in [0.15, 0.2) is 73.1 Å². The fraction of sp³-hybridized carbons (Fsp3) is 0. The van der Waals surface area contributed by atoms with Crippen molar-refractivity contribution < 1.29 is 4.79 Å². The summed E-state index contributed by atoms with van der Waals surface area (Å²) in [5, 5.41) is 3.54. The van der Waals surface area contributed by atoms with E-state index in [-0.39, 0.29) is 5.91 Å². The van der Waals surface area contributed by atoms with E-state index in [1.165, 1.54) is 0 Å². The van der Waals surface area contributed by atoms with Crippen molar-refractivity contribution in [2.24, 2.45) is 0 Å². The molecular formula is C17H13ClN2O. The molecule has 0 saturated carbocycles. The zero-order valence-corrected chi connectivity index (χ0v) is 11.9. The Morgan fingerprint density at radius 1 is 0.905 bits per heavy atom. The van der Waals surface area contributed by atoms with Gasteiger partial charge in [0.15, 0.2) is 0 Å². The quantitative estimate of drug-likeness (QED) is 0.764. The highest BCUT2D eigenvalue weighted by Crippen LogP contribution is 2.21. The number of rotatable bonds is 3. The number of nitrogens with zero attached hydrogens (tertiary/aromatic N) is 1. The Morgan fingerprint density at radius 3 is 2.29 bits per heavy atom. The van der Waals surface area contributed by atoms with Gasteiger partial charge >= 0.3 is 0 Å². The van der Waals surface area contributed by atoms with E-state index in [9.17, 15) is 4.79 Å². The van der Waals surface area contributed by atoms with Crippen LogP contribution in [-0.2, 0) is 0 Å². The number of halogens is 1. The minimum absolute atomic E-state index is 0.161. The van der Waals surface area contributed by atoms with Crippen molar-refractivity contribution in [1.29, 1.82) is 0 Å². The predicted octanol–water partition coefficient (Wildman–Crippen LogP) is 4.38. The topological polar surface area (TPSA) is 34.0 Å². The summed E-state index contributed by atoms with van der Waals surface area (Å²) in [6.45, 7) is 0. The van der Waals surface area contributed by atoms with Crippen molar-refractivity contribution >= 4 is 23.2 Å². The van der Waals surface area contributed by atoms with E-state index in [0.717, 1.165) is 11.4 Å². The molecule has 0 aliphatic heterocycles. The minimum Gasteiger partial charge on any atom is -0.322 e. The minimum atomic E-state index is -0.161. The molecule has 0 unspecified atom stereocenters. The van der Waals surface area contributed by atoms with Crippen LogP contribution < -0.4 is 5.32 Å². The molecule has 0 aliphatic carbocycles. The molecule has 1 aromatic heterocycles. The van der Waals surface area contributed by atoms with Crippen molar-refractivity contribution in [3.63, 3.8) is 0 Å². The highest BCUT2D eigenvalue weighted by molar-refractivity contribution is 6.30. The normalized spacial score (nSPS) is 10.3. The first-order chi connectivity index (χ1) is 10.2. The standard InChI is InChI=1S/C17H13ClN2O/c18-14-9-7-13(8-10-14)17(21)19-15-5-1-2-6-16(15)20-11-3-4-12-20/h1-12H,(H,19,21). The second-order valence-electron chi connectivity index (χ2n) is 4.57. The zero-order chi connectivity index (χ0) is 14.7. The molecule has 104 valence electrons. The first-order valence-corrected chi connectivity index (χ1v) is 6.91. The summed E-state index contributed by atoms with van der Waals surface area (Å²) >= 11 is 5.83. The third-order valence-corrected chi connectivity index (χ3v) is 3.39. The van der Waals surface area contributed by atoms with E-state index in [2.05, 4.69) is 5.32 Å². The summed E-state index contributed by atoms with van der Waals surface area (Å²) < 4.78 is 1.96. The molecule has 1 heterocycles. The maximum atomic E-state index is 12.3. The number of anilines is 1. The van der Waals surface area contributed by atoms with E-state index in [0.29, 0.717) is 10.6 Å². The van der Waals surface area contributed by atoms with Crippen molar-refractivity contribution in [2.75, 3.05) is 5.32 Å². The Kier molecular flexibility index (Phi) is 3.75. The maximum absolute atomic E-state index is 12.3. The van der Waals surface area contributed by atoms with Crippen LogP contribution in [0.25, 0.3) is 5.69 Å². The van der Waals surface area contributed by atoms with Crippen LogP contribution in [0.3, 0.4) is 0 Å². The van der Waals surface area contributed by atoms with Crippen molar-refractivity contribution in [2.45, 2.75) is 0 Å². The molecule has 1 amide bonds. The van der Waals surface area contributed by atoms with Gasteiger partial charge in [0.25, 0.3) is 5.91 Å². The molecular weight excluding hydrogens is 284 g/mol. The molecule has 0 fully saturated rings. The number of hydrogen-bond acceptors (Lipinski definition) is 1. The SMILES string of the molecule is O=C(Nc1ccccc1-n1cccc1)c1ccc(Cl)cc1. The van der Waals surface area contributed by atoms with Crippen LogP contribution >= 0.6 is 11.6 Å². The highest BCUT2D eigenvalue weighted by Gasteiger charge is 2.09. The van der Waals surface area contributed by atoms with Gasteiger partial charge < -0.3 is 9.88 Å². The first-order valence-electron chi connectivity index (χ1n) is 6.53. The number of benzene rings is 2. The van der Waals surface area contributed by atoms with Crippen LogP contribution in [0.2, 0.25) is 5.02 Å². The molecule has 0 radical (unpaired) electrons. The Bertz CT molecular complexity index is 749. The predicted molar refractivity (Wildman–Crippen MR) is 85.2 cm³/mol. The largest absolute Gasteiger partial charge is 0.322 e. The molecule has 0 aliphatic rings. The van der Waals surface area contributed by atoms with Crippen molar-refractivity contribution in [1.82, 2.24) is 4.57 Å². The Balaban J connectivity index is 1.88. The average molecular weight is 297 g/mol. The second kappa shape index (κ2) is 5.85. The fourth-order valence-electron chi connectivity index (χ4n) is 2.10. The Morgan fingerprint density at radius 2 is 1.57 bits per heavy atom. The zero-order valence-electron chi connectivity index (χ0n) is 11.2. The van der Waals surface area contributed by atoms with E-state index < -0.39 is 0 Å². The van der Waals surface area contributed by atoms with Gasteiger partial charge in [0.05, 0.1) is 11.4 Å². The van der Waals surface area contributed by atoms with E-state index in [1.54, 1.807) is 24.3 Å². The molecule has 0 bridgehead atoms. The summed E-state index contributed by atoms with van der Waals surface area (Å²) in [4.78, 5) is 12.3. The lowest BCUT2D eigenvalue weighted by Gasteiger charge is -2.12. The molecule has 3 rings (SSSR count). The van der Waals surface area contributed by atoms with E-state index >= 15 is 0 Å². The van der Waals surface area contributed by atoms with Crippen LogP contribution in [0.1, 0.15) is 10.4 Å². The van der Waals surface area contributed by atoms with Gasteiger partial charge in [-0.1, -0.05) is 23.7 Å². The van der Waals surface area contributed by atoms with Crippen LogP contribution in [0.5, 0.6) is 0 Å². The van der Waals surface area contributed by atoms with Gasteiger partial charge in [-0.15, -0.1) is 0 Å². The molecule has 0 saturated heterocycles. The number of nitrogens with one attached hydrogen (secondary N) is 1. The van der Waals surface area contributed by atoms with Gasteiger partial charge in [0.2, 0.25) is 0 Å². The monoisotopic (exact) mass is 296 g/mol. The van der Waals surface area contributed by atoms with Gasteiger partial charge in [-0.3, -0.25) is 4.79 Å². The number of hydrogen-bond donors (Lipinski definition) is 1. The summed E-state index contributed by atoms with van der Waals surface area (Å²) in [5.74, 6) is -0.161. The lowest BCUT2D eigenvalue weighted by molar-refractivity contribution is 0.102. The van der Waals surface area contributed by atoms with E-state index in [1.807, 2.05) is 53.4 Å².